The molecule has 90 valence electrons. The van der Waals surface area contributed by atoms with Crippen molar-refractivity contribution in [2.75, 3.05) is 0 Å². The van der Waals surface area contributed by atoms with Crippen LogP contribution in [-0.2, 0) is 0 Å². The van der Waals surface area contributed by atoms with Crippen LogP contribution < -0.4 is 4.74 Å². The highest BCUT2D eigenvalue weighted by molar-refractivity contribution is 9.10. The van der Waals surface area contributed by atoms with E-state index >= 15 is 0 Å². The molecular formula is C13H6Br2FNO. The first-order chi connectivity index (χ1) is 8.63. The van der Waals surface area contributed by atoms with Crippen molar-refractivity contribution in [1.29, 1.82) is 5.26 Å². The first-order valence-corrected chi connectivity index (χ1v) is 6.52. The van der Waals surface area contributed by atoms with Crippen LogP contribution in [0, 0.1) is 17.1 Å². The Labute approximate surface area is 120 Å². The largest absolute Gasteiger partial charge is 0.453 e. The van der Waals surface area contributed by atoms with Crippen molar-refractivity contribution in [3.05, 3.63) is 56.7 Å². The van der Waals surface area contributed by atoms with Crippen LogP contribution in [0.2, 0.25) is 0 Å². The molecule has 0 fully saturated rings. The molecule has 0 aromatic heterocycles. The van der Waals surface area contributed by atoms with Gasteiger partial charge in [-0.15, -0.1) is 0 Å². The minimum absolute atomic E-state index is 0.0628. The Morgan fingerprint density at radius 2 is 1.78 bits per heavy atom. The monoisotopic (exact) mass is 369 g/mol. The fraction of sp³-hybridized carbons (Fsp3) is 0. The lowest BCUT2D eigenvalue weighted by Gasteiger charge is -2.09. The summed E-state index contributed by atoms with van der Waals surface area (Å²) in [5.41, 5.74) is 0.229. The molecule has 0 aliphatic heterocycles. The molecule has 18 heavy (non-hydrogen) atoms. The molecule has 0 spiro atoms. The third-order valence-electron chi connectivity index (χ3n) is 2.22. The Bertz CT molecular complexity index is 637. The standard InChI is InChI=1S/C13H6Br2FNO/c14-9-3-1-2-4-10(9)18-11-6-5-8(7-17)12(15)13(11)16/h1-6H. The Balaban J connectivity index is 2.40. The Morgan fingerprint density at radius 1 is 1.06 bits per heavy atom. The molecule has 0 heterocycles. The number of ether oxygens (including phenoxy) is 1. The van der Waals surface area contributed by atoms with Gasteiger partial charge in [0, 0.05) is 0 Å². The van der Waals surface area contributed by atoms with Crippen LogP contribution in [0.1, 0.15) is 5.56 Å². The fourth-order valence-corrected chi connectivity index (χ4v) is 2.12. The first kappa shape index (κ1) is 13.1. The molecule has 2 nitrogen and oxygen atoms in total. The number of hydrogen-bond acceptors (Lipinski definition) is 2. The zero-order valence-electron chi connectivity index (χ0n) is 8.95. The number of rotatable bonds is 2. The summed E-state index contributed by atoms with van der Waals surface area (Å²) in [6.45, 7) is 0. The predicted octanol–water partition coefficient (Wildman–Crippen LogP) is 5.01. The maximum absolute atomic E-state index is 13.9. The van der Waals surface area contributed by atoms with E-state index in [1.54, 1.807) is 18.2 Å². The van der Waals surface area contributed by atoms with Gasteiger partial charge < -0.3 is 4.74 Å². The molecule has 0 radical (unpaired) electrons. The van der Waals surface area contributed by atoms with E-state index in [-0.39, 0.29) is 15.8 Å². The average molecular weight is 371 g/mol. The van der Waals surface area contributed by atoms with Crippen molar-refractivity contribution in [2.45, 2.75) is 0 Å². The molecule has 2 aromatic rings. The minimum Gasteiger partial charge on any atom is -0.453 e. The highest BCUT2D eigenvalue weighted by Crippen LogP contribution is 2.34. The van der Waals surface area contributed by atoms with Crippen LogP contribution in [0.15, 0.2) is 45.3 Å². The summed E-state index contributed by atoms with van der Waals surface area (Å²) < 4.78 is 20.2. The number of benzene rings is 2. The van der Waals surface area contributed by atoms with Gasteiger partial charge in [0.2, 0.25) is 0 Å². The van der Waals surface area contributed by atoms with Gasteiger partial charge in [-0.2, -0.15) is 5.26 Å². The highest BCUT2D eigenvalue weighted by atomic mass is 79.9. The average Bonchev–Trinajstić information content (AvgIpc) is 2.38. The fourth-order valence-electron chi connectivity index (χ4n) is 1.34. The molecule has 0 saturated heterocycles. The van der Waals surface area contributed by atoms with Crippen molar-refractivity contribution < 1.29 is 9.13 Å². The summed E-state index contributed by atoms with van der Waals surface area (Å²) in [5, 5.41) is 8.77. The second-order valence-electron chi connectivity index (χ2n) is 3.38. The molecular weight excluding hydrogens is 365 g/mol. The van der Waals surface area contributed by atoms with E-state index in [1.165, 1.54) is 12.1 Å². The highest BCUT2D eigenvalue weighted by Gasteiger charge is 2.13. The van der Waals surface area contributed by atoms with Gasteiger partial charge in [-0.3, -0.25) is 0 Å². The van der Waals surface area contributed by atoms with Crippen LogP contribution in [0.4, 0.5) is 4.39 Å². The van der Waals surface area contributed by atoms with Crippen LogP contribution in [-0.4, -0.2) is 0 Å². The number of halogens is 3. The zero-order valence-corrected chi connectivity index (χ0v) is 12.1. The third kappa shape index (κ3) is 2.55. The lowest BCUT2D eigenvalue weighted by Crippen LogP contribution is -1.92. The van der Waals surface area contributed by atoms with E-state index in [2.05, 4.69) is 31.9 Å². The number of nitriles is 1. The van der Waals surface area contributed by atoms with Crippen molar-refractivity contribution in [2.24, 2.45) is 0 Å². The van der Waals surface area contributed by atoms with E-state index < -0.39 is 5.82 Å². The molecule has 0 amide bonds. The van der Waals surface area contributed by atoms with Crippen molar-refractivity contribution in [3.8, 4) is 17.6 Å². The Morgan fingerprint density at radius 3 is 2.44 bits per heavy atom. The van der Waals surface area contributed by atoms with Gasteiger partial charge in [0.05, 0.1) is 14.5 Å². The molecule has 0 N–H and O–H groups in total. The molecule has 0 unspecified atom stereocenters. The second-order valence-corrected chi connectivity index (χ2v) is 5.03. The Kier molecular flexibility index (Phi) is 4.00. The maximum Gasteiger partial charge on any atom is 0.181 e. The predicted molar refractivity (Wildman–Crippen MR) is 73.0 cm³/mol. The van der Waals surface area contributed by atoms with E-state index in [1.807, 2.05) is 12.1 Å². The smallest absolute Gasteiger partial charge is 0.181 e. The summed E-state index contributed by atoms with van der Waals surface area (Å²) in [6.07, 6.45) is 0. The molecule has 0 saturated carbocycles. The van der Waals surface area contributed by atoms with Crippen LogP contribution in [0.25, 0.3) is 0 Å². The molecule has 5 heteroatoms. The van der Waals surface area contributed by atoms with Gasteiger partial charge in [-0.1, -0.05) is 12.1 Å². The van der Waals surface area contributed by atoms with Gasteiger partial charge in [0.25, 0.3) is 0 Å². The van der Waals surface area contributed by atoms with Gasteiger partial charge in [0.1, 0.15) is 11.8 Å². The van der Waals surface area contributed by atoms with Crippen LogP contribution >= 0.6 is 31.9 Å². The van der Waals surface area contributed by atoms with Crippen molar-refractivity contribution >= 4 is 31.9 Å². The van der Waals surface area contributed by atoms with E-state index in [4.69, 9.17) is 10.00 Å². The third-order valence-corrected chi connectivity index (χ3v) is 3.65. The van der Waals surface area contributed by atoms with Gasteiger partial charge in [-0.25, -0.2) is 4.39 Å². The van der Waals surface area contributed by atoms with Crippen LogP contribution in [0.5, 0.6) is 11.5 Å². The summed E-state index contributed by atoms with van der Waals surface area (Å²) >= 11 is 6.35. The summed E-state index contributed by atoms with van der Waals surface area (Å²) in [4.78, 5) is 0. The van der Waals surface area contributed by atoms with E-state index in [0.29, 0.717) is 5.75 Å². The maximum atomic E-state index is 13.9. The molecule has 0 bridgehead atoms. The molecule has 0 aliphatic carbocycles. The summed E-state index contributed by atoms with van der Waals surface area (Å²) in [7, 11) is 0. The van der Waals surface area contributed by atoms with Gasteiger partial charge >= 0.3 is 0 Å². The Hall–Kier alpha value is -1.38. The SMILES string of the molecule is N#Cc1ccc(Oc2ccccc2Br)c(F)c1Br. The van der Waals surface area contributed by atoms with E-state index in [0.717, 1.165) is 4.47 Å². The molecule has 0 aliphatic rings. The lowest BCUT2D eigenvalue weighted by atomic mass is 10.2. The van der Waals surface area contributed by atoms with E-state index in [9.17, 15) is 4.39 Å². The molecule has 0 atom stereocenters. The number of nitrogens with zero attached hydrogens (tertiary/aromatic N) is 1. The second kappa shape index (κ2) is 5.51. The molecule has 2 rings (SSSR count). The van der Waals surface area contributed by atoms with Crippen LogP contribution in [0.3, 0.4) is 0 Å². The lowest BCUT2D eigenvalue weighted by molar-refractivity contribution is 0.438. The summed E-state index contributed by atoms with van der Waals surface area (Å²) in [5.74, 6) is -0.0226. The number of hydrogen-bond donors (Lipinski definition) is 0. The number of para-hydroxylation sites is 1. The van der Waals surface area contributed by atoms with Gasteiger partial charge in [0.15, 0.2) is 11.6 Å². The summed E-state index contributed by atoms with van der Waals surface area (Å²) in [6, 6.07) is 12.0. The quantitative estimate of drug-likeness (QED) is 0.743. The first-order valence-electron chi connectivity index (χ1n) is 4.94. The zero-order chi connectivity index (χ0) is 13.1. The van der Waals surface area contributed by atoms with Gasteiger partial charge in [-0.05, 0) is 56.1 Å². The van der Waals surface area contributed by atoms with Crippen molar-refractivity contribution in [3.63, 3.8) is 0 Å². The topological polar surface area (TPSA) is 33.0 Å². The normalized spacial score (nSPS) is 9.89. The molecule has 2 aromatic carbocycles. The minimum atomic E-state index is -0.593. The van der Waals surface area contributed by atoms with Crippen molar-refractivity contribution in [1.82, 2.24) is 0 Å².